The van der Waals surface area contributed by atoms with Crippen LogP contribution in [0, 0.1) is 0 Å². The van der Waals surface area contributed by atoms with Gasteiger partial charge < -0.3 is 15.0 Å². The lowest BCUT2D eigenvalue weighted by Crippen LogP contribution is -2.54. The number of benzene rings is 4. The van der Waals surface area contributed by atoms with Gasteiger partial charge in [0.15, 0.2) is 0 Å². The molecule has 11 heteroatoms. The normalized spacial score (nSPS) is 12.2. The topological polar surface area (TPSA) is 96.0 Å². The Labute approximate surface area is 274 Å². The second-order valence-corrected chi connectivity index (χ2v) is 14.0. The predicted molar refractivity (Wildman–Crippen MR) is 178 cm³/mol. The number of carbonyl (C=O) groups is 2. The summed E-state index contributed by atoms with van der Waals surface area (Å²) in [5.41, 5.74) is 0.0913. The highest BCUT2D eigenvalue weighted by Crippen LogP contribution is 2.30. The van der Waals surface area contributed by atoms with E-state index < -0.39 is 40.0 Å². The smallest absolute Gasteiger partial charge is 0.264 e. The lowest BCUT2D eigenvalue weighted by molar-refractivity contribution is -0.140. The average Bonchev–Trinajstić information content (AvgIpc) is 3.00. The molecule has 0 aromatic heterocycles. The molecule has 4 aromatic rings. The number of nitrogens with zero attached hydrogens (tertiary/aromatic N) is 2. The van der Waals surface area contributed by atoms with Crippen molar-refractivity contribution >= 4 is 50.7 Å². The Morgan fingerprint density at radius 2 is 1.33 bits per heavy atom. The van der Waals surface area contributed by atoms with Crippen molar-refractivity contribution in [3.8, 4) is 11.5 Å². The maximum atomic E-state index is 14.2. The van der Waals surface area contributed by atoms with Gasteiger partial charge in [-0.2, -0.15) is 0 Å². The van der Waals surface area contributed by atoms with Gasteiger partial charge in [0, 0.05) is 27.7 Å². The summed E-state index contributed by atoms with van der Waals surface area (Å²) in [6.45, 7) is 6.33. The van der Waals surface area contributed by atoms with Gasteiger partial charge in [-0.15, -0.1) is 0 Å². The lowest BCUT2D eigenvalue weighted by Gasteiger charge is -2.33. The molecule has 1 N–H and O–H groups in total. The number of ether oxygens (including phenoxy) is 1. The van der Waals surface area contributed by atoms with Crippen molar-refractivity contribution in [2.45, 2.75) is 50.7 Å². The monoisotopic (exact) mass is 667 g/mol. The number of halogens is 2. The fraction of sp³-hybridized carbons (Fsp3) is 0.235. The van der Waals surface area contributed by atoms with E-state index in [9.17, 15) is 18.0 Å². The van der Waals surface area contributed by atoms with Crippen molar-refractivity contribution in [2.75, 3.05) is 10.8 Å². The van der Waals surface area contributed by atoms with Gasteiger partial charge in [0.25, 0.3) is 10.0 Å². The minimum atomic E-state index is -4.23. The summed E-state index contributed by atoms with van der Waals surface area (Å²) >= 11 is 12.9. The van der Waals surface area contributed by atoms with Crippen LogP contribution in [0.4, 0.5) is 5.69 Å². The highest BCUT2D eigenvalue weighted by atomic mass is 35.5. The summed E-state index contributed by atoms with van der Waals surface area (Å²) in [5.74, 6) is 0.0481. The summed E-state index contributed by atoms with van der Waals surface area (Å²) in [7, 11) is -4.23. The second-order valence-electron chi connectivity index (χ2n) is 11.4. The van der Waals surface area contributed by atoms with Crippen LogP contribution in [-0.4, -0.2) is 43.3 Å². The molecule has 0 aliphatic carbocycles. The van der Waals surface area contributed by atoms with Crippen LogP contribution in [0.1, 0.15) is 33.3 Å². The molecule has 0 aliphatic heterocycles. The minimum absolute atomic E-state index is 0.00151. The van der Waals surface area contributed by atoms with Gasteiger partial charge in [-0.1, -0.05) is 65.7 Å². The molecule has 0 aliphatic rings. The van der Waals surface area contributed by atoms with E-state index in [4.69, 9.17) is 27.9 Å². The van der Waals surface area contributed by atoms with Crippen molar-refractivity contribution in [2.24, 2.45) is 0 Å². The number of sulfonamides is 1. The number of hydrogen-bond donors (Lipinski definition) is 1. The standard InChI is InChI=1S/C34H35Cl2N3O5S/c1-24(33(41)37-34(2,3)4)38(22-29-30(35)16-11-17-31(29)36)32(40)23-39(45(42,43)28-14-9-6-10-15-28)25-18-20-27(21-19-25)44-26-12-7-5-8-13-26/h5-21,24H,22-23H2,1-4H3,(H,37,41). The van der Waals surface area contributed by atoms with Crippen LogP contribution in [0.3, 0.4) is 0 Å². The third kappa shape index (κ3) is 8.78. The van der Waals surface area contributed by atoms with E-state index in [0.717, 1.165) is 4.31 Å². The summed E-state index contributed by atoms with van der Waals surface area (Å²) in [6.07, 6.45) is 0. The zero-order chi connectivity index (χ0) is 32.8. The molecule has 0 heterocycles. The van der Waals surface area contributed by atoms with E-state index in [0.29, 0.717) is 27.1 Å². The van der Waals surface area contributed by atoms with Crippen molar-refractivity contribution in [1.29, 1.82) is 0 Å². The van der Waals surface area contributed by atoms with Gasteiger partial charge in [-0.05, 0) is 88.4 Å². The molecule has 236 valence electrons. The molecule has 8 nitrogen and oxygen atoms in total. The van der Waals surface area contributed by atoms with Crippen LogP contribution in [0.5, 0.6) is 11.5 Å². The average molecular weight is 669 g/mol. The molecule has 1 unspecified atom stereocenters. The molecule has 0 radical (unpaired) electrons. The quantitative estimate of drug-likeness (QED) is 0.181. The largest absolute Gasteiger partial charge is 0.457 e. The molecule has 0 spiro atoms. The van der Waals surface area contributed by atoms with Crippen LogP contribution >= 0.6 is 23.2 Å². The molecule has 45 heavy (non-hydrogen) atoms. The van der Waals surface area contributed by atoms with E-state index >= 15 is 0 Å². The van der Waals surface area contributed by atoms with Crippen molar-refractivity contribution in [3.63, 3.8) is 0 Å². The Kier molecular flexibility index (Phi) is 10.8. The number of amides is 2. The molecular weight excluding hydrogens is 633 g/mol. The second kappa shape index (κ2) is 14.4. The van der Waals surface area contributed by atoms with Crippen LogP contribution in [0.15, 0.2) is 108 Å². The Bertz CT molecular complexity index is 1710. The first-order chi connectivity index (χ1) is 21.3. The molecule has 2 amide bonds. The van der Waals surface area contributed by atoms with Gasteiger partial charge in [-0.3, -0.25) is 13.9 Å². The van der Waals surface area contributed by atoms with E-state index in [1.54, 1.807) is 79.7 Å². The third-order valence-electron chi connectivity index (χ3n) is 6.77. The first kappa shape index (κ1) is 33.8. The number of hydrogen-bond acceptors (Lipinski definition) is 5. The highest BCUT2D eigenvalue weighted by Gasteiger charge is 2.34. The Morgan fingerprint density at radius 3 is 1.89 bits per heavy atom. The van der Waals surface area contributed by atoms with Gasteiger partial charge in [0.05, 0.1) is 10.6 Å². The van der Waals surface area contributed by atoms with Gasteiger partial charge in [0.2, 0.25) is 11.8 Å². The fourth-order valence-electron chi connectivity index (χ4n) is 4.46. The predicted octanol–water partition coefficient (Wildman–Crippen LogP) is 7.31. The Balaban J connectivity index is 1.73. The number of rotatable bonds is 11. The van der Waals surface area contributed by atoms with E-state index in [-0.39, 0.29) is 17.1 Å². The Morgan fingerprint density at radius 1 is 0.800 bits per heavy atom. The van der Waals surface area contributed by atoms with Gasteiger partial charge >= 0.3 is 0 Å². The minimum Gasteiger partial charge on any atom is -0.457 e. The maximum Gasteiger partial charge on any atom is 0.264 e. The lowest BCUT2D eigenvalue weighted by atomic mass is 10.1. The zero-order valence-electron chi connectivity index (χ0n) is 25.4. The molecule has 0 fully saturated rings. The molecule has 0 bridgehead atoms. The fourth-order valence-corrected chi connectivity index (χ4v) is 6.42. The molecule has 4 rings (SSSR count). The van der Waals surface area contributed by atoms with Crippen LogP contribution in [-0.2, 0) is 26.2 Å². The number of nitrogens with one attached hydrogen (secondary N) is 1. The first-order valence-electron chi connectivity index (χ1n) is 14.2. The molecule has 0 saturated heterocycles. The van der Waals surface area contributed by atoms with Crippen molar-refractivity contribution < 1.29 is 22.7 Å². The van der Waals surface area contributed by atoms with Crippen LogP contribution in [0.25, 0.3) is 0 Å². The molecular formula is C34H35Cl2N3O5S. The van der Waals surface area contributed by atoms with Crippen LogP contribution < -0.4 is 14.4 Å². The number of carbonyl (C=O) groups excluding carboxylic acids is 2. The Hall–Kier alpha value is -4.05. The van der Waals surface area contributed by atoms with Gasteiger partial charge in [0.1, 0.15) is 24.1 Å². The summed E-state index contributed by atoms with van der Waals surface area (Å²) in [4.78, 5) is 28.8. The third-order valence-corrected chi connectivity index (χ3v) is 9.27. The van der Waals surface area contributed by atoms with Gasteiger partial charge in [-0.25, -0.2) is 8.42 Å². The zero-order valence-corrected chi connectivity index (χ0v) is 27.7. The molecule has 4 aromatic carbocycles. The molecule has 1 atom stereocenters. The van der Waals surface area contributed by atoms with E-state index in [1.807, 2.05) is 39.0 Å². The maximum absolute atomic E-state index is 14.2. The van der Waals surface area contributed by atoms with Crippen molar-refractivity contribution in [1.82, 2.24) is 10.2 Å². The number of para-hydroxylation sites is 1. The summed E-state index contributed by atoms with van der Waals surface area (Å²) in [6, 6.07) is 27.3. The van der Waals surface area contributed by atoms with Crippen molar-refractivity contribution in [3.05, 3.63) is 119 Å². The summed E-state index contributed by atoms with van der Waals surface area (Å²) < 4.78 is 35.0. The molecule has 0 saturated carbocycles. The van der Waals surface area contributed by atoms with E-state index in [2.05, 4.69) is 5.32 Å². The summed E-state index contributed by atoms with van der Waals surface area (Å²) in [5, 5.41) is 3.52. The first-order valence-corrected chi connectivity index (χ1v) is 16.4. The highest BCUT2D eigenvalue weighted by molar-refractivity contribution is 7.92. The SMILES string of the molecule is CC(C(=O)NC(C)(C)C)N(Cc1c(Cl)cccc1Cl)C(=O)CN(c1ccc(Oc2ccccc2)cc1)S(=O)(=O)c1ccccc1. The number of anilines is 1. The van der Waals surface area contributed by atoms with Crippen LogP contribution in [0.2, 0.25) is 10.0 Å². The van der Waals surface area contributed by atoms with E-state index in [1.165, 1.54) is 17.0 Å².